The van der Waals surface area contributed by atoms with Gasteiger partial charge in [-0.1, -0.05) is 91.0 Å². The van der Waals surface area contributed by atoms with Crippen molar-refractivity contribution in [1.82, 2.24) is 0 Å². The number of allylic oxidation sites excluding steroid dienone is 3. The van der Waals surface area contributed by atoms with E-state index in [1.165, 1.54) is 39.2 Å². The van der Waals surface area contributed by atoms with Crippen molar-refractivity contribution in [3.8, 4) is 0 Å². The number of furan rings is 2. The number of rotatable bonds is 2. The van der Waals surface area contributed by atoms with Crippen molar-refractivity contribution in [2.24, 2.45) is 0 Å². The van der Waals surface area contributed by atoms with Gasteiger partial charge in [-0.2, -0.15) is 0 Å². The SMILES string of the molecule is C1=C2C3=C(CC1)N(c1cccc4oc5ccccc5c14)c1ccccc1B3c1ccccc1N2c1cccc2oc3ccccc3c12. The Morgan fingerprint density at radius 3 is 1.60 bits per heavy atom. The fourth-order valence-corrected chi connectivity index (χ4v) is 8.54. The van der Waals surface area contributed by atoms with E-state index in [0.29, 0.717) is 0 Å². The minimum absolute atomic E-state index is 0.122. The van der Waals surface area contributed by atoms with Gasteiger partial charge in [0.1, 0.15) is 22.3 Å². The Morgan fingerprint density at radius 1 is 0.468 bits per heavy atom. The van der Waals surface area contributed by atoms with Crippen molar-refractivity contribution < 1.29 is 8.83 Å². The molecule has 0 unspecified atom stereocenters. The molecule has 0 spiro atoms. The Hall–Kier alpha value is -5.94. The molecule has 8 aromatic rings. The largest absolute Gasteiger partial charge is 0.456 e. The molecule has 0 atom stereocenters. The second kappa shape index (κ2) is 9.30. The van der Waals surface area contributed by atoms with E-state index in [2.05, 4.69) is 137 Å². The molecule has 0 amide bonds. The number of hydrogen-bond donors (Lipinski definition) is 0. The predicted octanol–water partition coefficient (Wildman–Crippen LogP) is 9.87. The topological polar surface area (TPSA) is 32.8 Å². The van der Waals surface area contributed by atoms with Crippen LogP contribution in [0.15, 0.2) is 165 Å². The summed E-state index contributed by atoms with van der Waals surface area (Å²) in [5, 5.41) is 4.58. The van der Waals surface area contributed by atoms with Gasteiger partial charge in [0.15, 0.2) is 0 Å². The zero-order valence-electron chi connectivity index (χ0n) is 25.5. The number of anilines is 4. The first-order chi connectivity index (χ1) is 23.3. The smallest absolute Gasteiger partial charge is 0.251 e. The van der Waals surface area contributed by atoms with E-state index in [1.54, 1.807) is 0 Å². The maximum atomic E-state index is 6.40. The lowest BCUT2D eigenvalue weighted by atomic mass is 9.32. The fraction of sp³-hybridized carbons (Fsp3) is 0.0476. The van der Waals surface area contributed by atoms with Crippen LogP contribution >= 0.6 is 0 Å². The first-order valence-corrected chi connectivity index (χ1v) is 16.4. The lowest BCUT2D eigenvalue weighted by molar-refractivity contribution is 0.668. The van der Waals surface area contributed by atoms with Crippen molar-refractivity contribution in [1.29, 1.82) is 0 Å². The van der Waals surface area contributed by atoms with Crippen LogP contribution in [-0.4, -0.2) is 6.71 Å². The van der Waals surface area contributed by atoms with Crippen molar-refractivity contribution >= 4 is 84.3 Å². The van der Waals surface area contributed by atoms with Crippen LogP contribution in [0.3, 0.4) is 0 Å². The highest BCUT2D eigenvalue weighted by molar-refractivity contribution is 6.94. The normalized spacial score (nSPS) is 15.4. The molecule has 2 aromatic heterocycles. The van der Waals surface area contributed by atoms with Crippen molar-refractivity contribution in [3.63, 3.8) is 0 Å². The van der Waals surface area contributed by atoms with Gasteiger partial charge in [0.05, 0.1) is 22.1 Å². The summed E-state index contributed by atoms with van der Waals surface area (Å²) in [7, 11) is 0. The number of para-hydroxylation sites is 4. The van der Waals surface area contributed by atoms with Gasteiger partial charge >= 0.3 is 0 Å². The first-order valence-electron chi connectivity index (χ1n) is 16.4. The second-order valence-corrected chi connectivity index (χ2v) is 12.7. The maximum absolute atomic E-state index is 6.40. The van der Waals surface area contributed by atoms with E-state index in [9.17, 15) is 0 Å². The van der Waals surface area contributed by atoms with E-state index in [4.69, 9.17) is 8.83 Å². The molecule has 0 bridgehead atoms. The van der Waals surface area contributed by atoms with Gasteiger partial charge in [0.2, 0.25) is 0 Å². The molecule has 6 aromatic carbocycles. The highest BCUT2D eigenvalue weighted by atomic mass is 16.3. The Morgan fingerprint density at radius 2 is 0.957 bits per heavy atom. The summed E-state index contributed by atoms with van der Waals surface area (Å²) in [5.41, 5.74) is 15.0. The standard InChI is InChI=1S/C42H27BN2O2/c1-7-22-36-26(12-1)40-32(18-10-24-38(40)46-36)44-30-16-5-3-14-28(30)43-29-15-4-6-17-31(29)45(35-21-9-20-34(44)42(35)43)33-19-11-25-39-41(33)27-13-2-8-23-37(27)47-39/h1-8,10-20,22-25H,9,21H2. The van der Waals surface area contributed by atoms with Crippen LogP contribution in [0.1, 0.15) is 12.8 Å². The minimum atomic E-state index is 0.122. The van der Waals surface area contributed by atoms with E-state index in [0.717, 1.165) is 68.1 Å². The molecule has 3 aliphatic rings. The third-order valence-electron chi connectivity index (χ3n) is 10.3. The minimum Gasteiger partial charge on any atom is -0.456 e. The maximum Gasteiger partial charge on any atom is 0.251 e. The molecule has 11 rings (SSSR count). The Labute approximate surface area is 271 Å². The van der Waals surface area contributed by atoms with Gasteiger partial charge in [0.25, 0.3) is 6.71 Å². The highest BCUT2D eigenvalue weighted by Gasteiger charge is 2.46. The molecule has 2 aliphatic heterocycles. The molecule has 0 radical (unpaired) electrons. The predicted molar refractivity (Wildman–Crippen MR) is 194 cm³/mol. The van der Waals surface area contributed by atoms with Crippen LogP contribution in [0.25, 0.3) is 43.9 Å². The summed E-state index contributed by atoms with van der Waals surface area (Å²) in [5.74, 6) is 0. The van der Waals surface area contributed by atoms with E-state index < -0.39 is 0 Å². The zero-order chi connectivity index (χ0) is 30.6. The zero-order valence-corrected chi connectivity index (χ0v) is 25.5. The fourth-order valence-electron chi connectivity index (χ4n) is 8.54. The molecule has 0 N–H and O–H groups in total. The third-order valence-corrected chi connectivity index (χ3v) is 10.3. The van der Waals surface area contributed by atoms with Gasteiger partial charge in [-0.05, 0) is 77.8 Å². The summed E-state index contributed by atoms with van der Waals surface area (Å²) in [6.07, 6.45) is 4.36. The Bertz CT molecular complexity index is 2680. The highest BCUT2D eigenvalue weighted by Crippen LogP contribution is 2.51. The van der Waals surface area contributed by atoms with Crippen LogP contribution < -0.4 is 20.7 Å². The first kappa shape index (κ1) is 25.3. The molecule has 4 nitrogen and oxygen atoms in total. The third kappa shape index (κ3) is 3.33. The number of fused-ring (bicyclic) bond motifs is 10. The quantitative estimate of drug-likeness (QED) is 0.185. The van der Waals surface area contributed by atoms with Crippen molar-refractivity contribution in [2.75, 3.05) is 9.80 Å². The molecule has 5 heteroatoms. The molecule has 1 aliphatic carbocycles. The van der Waals surface area contributed by atoms with E-state index >= 15 is 0 Å². The van der Waals surface area contributed by atoms with Crippen molar-refractivity contribution in [2.45, 2.75) is 12.8 Å². The molecule has 4 heterocycles. The summed E-state index contributed by atoms with van der Waals surface area (Å²) >= 11 is 0. The van der Waals surface area contributed by atoms with Gasteiger partial charge in [-0.25, -0.2) is 0 Å². The molecule has 47 heavy (non-hydrogen) atoms. The molecule has 220 valence electrons. The Balaban J connectivity index is 1.24. The van der Waals surface area contributed by atoms with Crippen LogP contribution in [-0.2, 0) is 0 Å². The average molecular weight is 603 g/mol. The van der Waals surface area contributed by atoms with Gasteiger partial charge in [-0.3, -0.25) is 0 Å². The molecule has 0 fully saturated rings. The number of nitrogens with zero attached hydrogens (tertiary/aromatic N) is 2. The van der Waals surface area contributed by atoms with E-state index in [1.807, 2.05) is 12.1 Å². The van der Waals surface area contributed by atoms with Crippen LogP contribution in [0.4, 0.5) is 22.7 Å². The molecule has 0 saturated heterocycles. The summed E-state index contributed by atoms with van der Waals surface area (Å²) in [6, 6.07) is 47.7. The summed E-state index contributed by atoms with van der Waals surface area (Å²) < 4.78 is 12.8. The Kier molecular flexibility index (Phi) is 5.00. The lowest BCUT2D eigenvalue weighted by Gasteiger charge is -2.47. The molecular formula is C42H27BN2O2. The number of benzene rings is 6. The number of hydrogen-bond acceptors (Lipinski definition) is 4. The van der Waals surface area contributed by atoms with Gasteiger partial charge < -0.3 is 18.6 Å². The van der Waals surface area contributed by atoms with Gasteiger partial charge in [0, 0.05) is 33.5 Å². The van der Waals surface area contributed by atoms with Crippen LogP contribution in [0, 0.1) is 0 Å². The summed E-state index contributed by atoms with van der Waals surface area (Å²) in [6.45, 7) is 0.122. The van der Waals surface area contributed by atoms with Gasteiger partial charge in [-0.15, -0.1) is 0 Å². The average Bonchev–Trinajstić information content (AvgIpc) is 3.70. The van der Waals surface area contributed by atoms with Crippen molar-refractivity contribution in [3.05, 3.63) is 156 Å². The second-order valence-electron chi connectivity index (χ2n) is 12.7. The molecular weight excluding hydrogens is 575 g/mol. The lowest BCUT2D eigenvalue weighted by Crippen LogP contribution is -2.56. The summed E-state index contributed by atoms with van der Waals surface area (Å²) in [4.78, 5) is 5.04. The monoisotopic (exact) mass is 602 g/mol. The van der Waals surface area contributed by atoms with Crippen LogP contribution in [0.2, 0.25) is 0 Å². The van der Waals surface area contributed by atoms with Crippen LogP contribution in [0.5, 0.6) is 0 Å². The molecule has 0 saturated carbocycles. The van der Waals surface area contributed by atoms with E-state index in [-0.39, 0.29) is 6.71 Å².